The second kappa shape index (κ2) is 5.77. The molecule has 7 heteroatoms. The highest BCUT2D eigenvalue weighted by Gasteiger charge is 2.53. The fraction of sp³-hybridized carbons (Fsp3) is 0.375. The maximum Gasteiger partial charge on any atom is 0.351 e. The molecule has 3 rings (SSSR count). The van der Waals surface area contributed by atoms with Crippen LogP contribution >= 0.6 is 0 Å². The Morgan fingerprint density at radius 3 is 2.91 bits per heavy atom. The standard InChI is InChI=1S/C16H18N3O4/c1-16(22)13(20)11(9-10-5-3-2-4-6-10)23-14(16)19-8-7-12(17)18-15(19)21/h2-5,7-8,11,13-14,20,22H,9H2,1H3,(H2,17,18,21)/t11-,13-,14-,16-/m1/s1. The molecule has 121 valence electrons. The lowest BCUT2D eigenvalue weighted by atomic mass is 9.93. The number of benzene rings is 1. The molecule has 1 aromatic carbocycles. The van der Waals surface area contributed by atoms with E-state index in [0.29, 0.717) is 6.42 Å². The predicted molar refractivity (Wildman–Crippen MR) is 82.4 cm³/mol. The minimum absolute atomic E-state index is 0.0832. The lowest BCUT2D eigenvalue weighted by molar-refractivity contribution is -0.0974. The summed E-state index contributed by atoms with van der Waals surface area (Å²) in [6, 6.07) is 11.8. The summed E-state index contributed by atoms with van der Waals surface area (Å²) >= 11 is 0. The normalized spacial score (nSPS) is 30.5. The quantitative estimate of drug-likeness (QED) is 0.728. The van der Waals surface area contributed by atoms with Crippen molar-refractivity contribution in [2.75, 3.05) is 5.73 Å². The van der Waals surface area contributed by atoms with Gasteiger partial charge in [0.05, 0.1) is 6.10 Å². The Hall–Kier alpha value is -2.22. The summed E-state index contributed by atoms with van der Waals surface area (Å²) in [6.07, 6.45) is -1.12. The van der Waals surface area contributed by atoms with Crippen LogP contribution in [0.4, 0.5) is 5.82 Å². The molecule has 7 nitrogen and oxygen atoms in total. The van der Waals surface area contributed by atoms with Gasteiger partial charge >= 0.3 is 5.69 Å². The zero-order chi connectivity index (χ0) is 16.6. The van der Waals surface area contributed by atoms with Gasteiger partial charge < -0.3 is 20.7 Å². The van der Waals surface area contributed by atoms with E-state index in [1.54, 1.807) is 6.07 Å². The summed E-state index contributed by atoms with van der Waals surface area (Å²) in [5, 5.41) is 21.0. The molecular weight excluding hydrogens is 298 g/mol. The average Bonchev–Trinajstić information content (AvgIpc) is 2.72. The van der Waals surface area contributed by atoms with Crippen LogP contribution in [0, 0.1) is 6.07 Å². The topological polar surface area (TPSA) is 111 Å². The monoisotopic (exact) mass is 316 g/mol. The molecule has 0 amide bonds. The predicted octanol–water partition coefficient (Wildman–Crippen LogP) is -0.122. The highest BCUT2D eigenvalue weighted by molar-refractivity contribution is 5.24. The van der Waals surface area contributed by atoms with Crippen molar-refractivity contribution in [3.63, 3.8) is 0 Å². The van der Waals surface area contributed by atoms with E-state index >= 15 is 0 Å². The number of hydrogen-bond acceptors (Lipinski definition) is 6. The molecule has 1 aliphatic rings. The summed E-state index contributed by atoms with van der Waals surface area (Å²) in [7, 11) is 0. The molecule has 0 unspecified atom stereocenters. The van der Waals surface area contributed by atoms with Gasteiger partial charge in [-0.05, 0) is 24.6 Å². The molecule has 23 heavy (non-hydrogen) atoms. The number of aliphatic hydroxyl groups is 2. The summed E-state index contributed by atoms with van der Waals surface area (Å²) in [6.45, 7) is 1.43. The van der Waals surface area contributed by atoms with Crippen LogP contribution in [0.3, 0.4) is 0 Å². The molecule has 1 saturated heterocycles. The number of rotatable bonds is 3. The number of aromatic nitrogens is 2. The SMILES string of the molecule is C[C@@]1(O)[C@H](O)[C@@H](Cc2[c]cccc2)O[C@H]1n1ccc(N)nc1=O. The van der Waals surface area contributed by atoms with Gasteiger partial charge in [-0.1, -0.05) is 24.3 Å². The van der Waals surface area contributed by atoms with Gasteiger partial charge in [0, 0.05) is 12.6 Å². The van der Waals surface area contributed by atoms with Gasteiger partial charge in [-0.15, -0.1) is 0 Å². The van der Waals surface area contributed by atoms with Gasteiger partial charge in [-0.2, -0.15) is 4.98 Å². The van der Waals surface area contributed by atoms with E-state index in [9.17, 15) is 15.0 Å². The van der Waals surface area contributed by atoms with E-state index < -0.39 is 29.7 Å². The largest absolute Gasteiger partial charge is 0.387 e. The maximum atomic E-state index is 12.0. The summed E-state index contributed by atoms with van der Waals surface area (Å²) in [5.41, 5.74) is 4.03. The van der Waals surface area contributed by atoms with Crippen LogP contribution in [0.1, 0.15) is 18.7 Å². The molecule has 0 aliphatic carbocycles. The highest BCUT2D eigenvalue weighted by Crippen LogP contribution is 2.38. The molecule has 2 heterocycles. The number of nitrogens with zero attached hydrogens (tertiary/aromatic N) is 2. The average molecular weight is 316 g/mol. The van der Waals surface area contributed by atoms with Gasteiger partial charge in [-0.25, -0.2) is 4.79 Å². The second-order valence-electron chi connectivity index (χ2n) is 5.83. The van der Waals surface area contributed by atoms with E-state index in [1.165, 1.54) is 19.2 Å². The summed E-state index contributed by atoms with van der Waals surface area (Å²) in [5.74, 6) is 0.0832. The van der Waals surface area contributed by atoms with Crippen molar-refractivity contribution in [1.29, 1.82) is 0 Å². The van der Waals surface area contributed by atoms with Crippen molar-refractivity contribution >= 4 is 5.82 Å². The lowest BCUT2D eigenvalue weighted by Crippen LogP contribution is -2.46. The molecule has 0 bridgehead atoms. The number of anilines is 1. The van der Waals surface area contributed by atoms with Crippen molar-refractivity contribution in [2.45, 2.75) is 37.4 Å². The van der Waals surface area contributed by atoms with Gasteiger partial charge in [-0.3, -0.25) is 4.57 Å². The van der Waals surface area contributed by atoms with Gasteiger partial charge in [0.25, 0.3) is 0 Å². The number of nitrogens with two attached hydrogens (primary N) is 1. The molecule has 2 aromatic rings. The Bertz CT molecular complexity index is 744. The zero-order valence-electron chi connectivity index (χ0n) is 12.6. The molecule has 0 spiro atoms. The zero-order valence-corrected chi connectivity index (χ0v) is 12.6. The molecule has 1 fully saturated rings. The number of aliphatic hydroxyl groups excluding tert-OH is 1. The van der Waals surface area contributed by atoms with Crippen LogP contribution < -0.4 is 11.4 Å². The van der Waals surface area contributed by atoms with Crippen molar-refractivity contribution in [1.82, 2.24) is 9.55 Å². The molecular formula is C16H18N3O4. The third kappa shape index (κ3) is 2.86. The molecule has 4 N–H and O–H groups in total. The van der Waals surface area contributed by atoms with Crippen molar-refractivity contribution in [3.8, 4) is 0 Å². The Morgan fingerprint density at radius 2 is 2.26 bits per heavy atom. The Morgan fingerprint density at radius 1 is 1.48 bits per heavy atom. The Labute approximate surface area is 133 Å². The van der Waals surface area contributed by atoms with Crippen molar-refractivity contribution < 1.29 is 14.9 Å². The second-order valence-corrected chi connectivity index (χ2v) is 5.83. The summed E-state index contributed by atoms with van der Waals surface area (Å²) < 4.78 is 6.90. The molecule has 1 radical (unpaired) electrons. The van der Waals surface area contributed by atoms with Crippen LogP contribution in [0.5, 0.6) is 0 Å². The number of hydrogen-bond donors (Lipinski definition) is 3. The van der Waals surface area contributed by atoms with Crippen LogP contribution in [0.25, 0.3) is 0 Å². The van der Waals surface area contributed by atoms with E-state index in [1.807, 2.05) is 18.2 Å². The van der Waals surface area contributed by atoms with Gasteiger partial charge in [0.2, 0.25) is 0 Å². The van der Waals surface area contributed by atoms with Crippen molar-refractivity contribution in [3.05, 3.63) is 58.6 Å². The Kier molecular flexibility index (Phi) is 3.93. The van der Waals surface area contributed by atoms with Crippen LogP contribution in [0.15, 0.2) is 41.3 Å². The summed E-state index contributed by atoms with van der Waals surface area (Å²) in [4.78, 5) is 15.6. The fourth-order valence-corrected chi connectivity index (χ4v) is 2.79. The van der Waals surface area contributed by atoms with Crippen molar-refractivity contribution in [2.24, 2.45) is 0 Å². The number of ether oxygens (including phenoxy) is 1. The van der Waals surface area contributed by atoms with E-state index in [2.05, 4.69) is 11.1 Å². The first-order valence-corrected chi connectivity index (χ1v) is 7.26. The van der Waals surface area contributed by atoms with Crippen LogP contribution in [-0.2, 0) is 11.2 Å². The molecule has 0 saturated carbocycles. The number of nitrogen functional groups attached to an aromatic ring is 1. The third-order valence-electron chi connectivity index (χ3n) is 4.05. The van der Waals surface area contributed by atoms with Gasteiger partial charge in [0.15, 0.2) is 6.23 Å². The van der Waals surface area contributed by atoms with Gasteiger partial charge in [0.1, 0.15) is 17.5 Å². The lowest BCUT2D eigenvalue weighted by Gasteiger charge is -2.27. The first-order valence-electron chi connectivity index (χ1n) is 7.26. The van der Waals surface area contributed by atoms with E-state index in [-0.39, 0.29) is 5.82 Å². The Balaban J connectivity index is 1.89. The molecule has 1 aromatic heterocycles. The minimum Gasteiger partial charge on any atom is -0.387 e. The smallest absolute Gasteiger partial charge is 0.351 e. The maximum absolute atomic E-state index is 12.0. The third-order valence-corrected chi connectivity index (χ3v) is 4.05. The first kappa shape index (κ1) is 15.7. The molecule has 4 atom stereocenters. The van der Waals surface area contributed by atoms with E-state index in [0.717, 1.165) is 10.1 Å². The minimum atomic E-state index is -1.64. The highest BCUT2D eigenvalue weighted by atomic mass is 16.6. The fourth-order valence-electron chi connectivity index (χ4n) is 2.79. The molecule has 1 aliphatic heterocycles. The van der Waals surface area contributed by atoms with E-state index in [4.69, 9.17) is 10.5 Å². The van der Waals surface area contributed by atoms with Crippen LogP contribution in [0.2, 0.25) is 0 Å². The first-order chi connectivity index (χ1) is 10.9. The van der Waals surface area contributed by atoms with Crippen LogP contribution in [-0.4, -0.2) is 37.6 Å².